The van der Waals surface area contributed by atoms with Gasteiger partial charge in [-0.2, -0.15) is 0 Å². The highest BCUT2D eigenvalue weighted by Gasteiger charge is 2.48. The highest BCUT2D eigenvalue weighted by molar-refractivity contribution is 5.88. The zero-order chi connectivity index (χ0) is 32.7. The van der Waals surface area contributed by atoms with Gasteiger partial charge in [-0.1, -0.05) is 0 Å². The van der Waals surface area contributed by atoms with Crippen molar-refractivity contribution in [3.63, 3.8) is 0 Å². The number of methoxy groups -OCH3 is 1. The molecule has 1 aromatic heterocycles. The van der Waals surface area contributed by atoms with Gasteiger partial charge in [0.1, 0.15) is 71.3 Å². The minimum absolute atomic E-state index is 0.0298. The molecule has 2 aliphatic rings. The summed E-state index contributed by atoms with van der Waals surface area (Å²) < 4.78 is 33.0. The summed E-state index contributed by atoms with van der Waals surface area (Å²) in [5, 5.41) is 102. The molecule has 0 amide bonds. The van der Waals surface area contributed by atoms with Gasteiger partial charge in [0.15, 0.2) is 23.5 Å². The number of phenols is 3. The molecule has 3 aromatic rings. The average Bonchev–Trinajstić information content (AvgIpc) is 3.01. The summed E-state index contributed by atoms with van der Waals surface area (Å²) in [5.74, 6) is -2.38. The summed E-state index contributed by atoms with van der Waals surface area (Å²) in [4.78, 5) is 13.7. The lowest BCUT2D eigenvalue weighted by molar-refractivity contribution is -0.323. The number of aliphatic hydroxyl groups excluding tert-OH is 7. The smallest absolute Gasteiger partial charge is 0.239 e. The van der Waals surface area contributed by atoms with E-state index in [1.807, 2.05) is 0 Å². The van der Waals surface area contributed by atoms with Crippen LogP contribution in [0.5, 0.6) is 28.7 Å². The van der Waals surface area contributed by atoms with E-state index in [0.717, 1.165) is 12.1 Å². The van der Waals surface area contributed by atoms with Gasteiger partial charge in [-0.25, -0.2) is 0 Å². The quantitative estimate of drug-likeness (QED) is 0.123. The Morgan fingerprint density at radius 3 is 2.09 bits per heavy atom. The molecule has 0 radical (unpaired) electrons. The van der Waals surface area contributed by atoms with Gasteiger partial charge >= 0.3 is 0 Å². The lowest BCUT2D eigenvalue weighted by atomic mass is 9.98. The molecule has 10 atom stereocenters. The van der Waals surface area contributed by atoms with Crippen LogP contribution >= 0.6 is 0 Å². The maximum absolute atomic E-state index is 13.7. The van der Waals surface area contributed by atoms with E-state index in [0.29, 0.717) is 0 Å². The predicted molar refractivity (Wildman–Crippen MR) is 146 cm³/mol. The number of rotatable bonds is 8. The van der Waals surface area contributed by atoms with Gasteiger partial charge in [0, 0.05) is 17.7 Å². The third-order valence-corrected chi connectivity index (χ3v) is 7.54. The van der Waals surface area contributed by atoms with Gasteiger partial charge in [0.25, 0.3) is 0 Å². The van der Waals surface area contributed by atoms with Crippen LogP contribution in [0.3, 0.4) is 0 Å². The van der Waals surface area contributed by atoms with E-state index in [1.54, 1.807) is 0 Å². The number of ether oxygens (including phenoxy) is 5. The minimum atomic E-state index is -1.98. The number of aromatic hydroxyl groups is 3. The van der Waals surface area contributed by atoms with Crippen LogP contribution in [0.2, 0.25) is 0 Å². The second-order valence-corrected chi connectivity index (χ2v) is 10.5. The van der Waals surface area contributed by atoms with Crippen molar-refractivity contribution in [3.8, 4) is 40.1 Å². The Bertz CT molecular complexity index is 1570. The molecule has 0 bridgehead atoms. The van der Waals surface area contributed by atoms with E-state index in [1.165, 1.54) is 25.3 Å². The van der Waals surface area contributed by atoms with Crippen molar-refractivity contribution in [1.29, 1.82) is 0 Å². The van der Waals surface area contributed by atoms with E-state index in [9.17, 15) is 55.9 Å². The number of aliphatic hydroxyl groups is 7. The molecule has 5 rings (SSSR count). The van der Waals surface area contributed by atoms with Crippen molar-refractivity contribution >= 4 is 11.0 Å². The molecular weight excluding hydrogens is 608 g/mol. The third-order valence-electron chi connectivity index (χ3n) is 7.54. The van der Waals surface area contributed by atoms with Crippen LogP contribution < -0.4 is 14.9 Å². The zero-order valence-corrected chi connectivity index (χ0v) is 23.4. The topological polar surface area (TPSA) is 279 Å². The Labute approximate surface area is 252 Å². The first-order valence-electron chi connectivity index (χ1n) is 13.5. The van der Waals surface area contributed by atoms with E-state index >= 15 is 0 Å². The molecule has 2 fully saturated rings. The summed E-state index contributed by atoms with van der Waals surface area (Å²) >= 11 is 0. The molecular formula is C28H32O17. The first kappa shape index (κ1) is 32.6. The monoisotopic (exact) mass is 640 g/mol. The van der Waals surface area contributed by atoms with Crippen LogP contribution in [0.25, 0.3) is 22.3 Å². The average molecular weight is 641 g/mol. The molecule has 2 saturated heterocycles. The van der Waals surface area contributed by atoms with E-state index in [2.05, 4.69) is 0 Å². The van der Waals surface area contributed by atoms with Gasteiger partial charge in [-0.15, -0.1) is 0 Å². The number of phenolic OH excluding ortho intramolecular Hbond substituents is 3. The molecule has 0 aliphatic carbocycles. The van der Waals surface area contributed by atoms with Crippen LogP contribution in [-0.4, -0.2) is 133 Å². The SMILES string of the molecule is COc1cc(-c2oc3cc(O)cc(O)c3c(=O)c2O[C@@H]2OC(CO[C@@H]3OC(CO)[C@H](O)[C@H](O)C3O)[C@@H](O)C(O)C2O)ccc1O. The first-order chi connectivity index (χ1) is 21.4. The van der Waals surface area contributed by atoms with Crippen molar-refractivity contribution in [2.75, 3.05) is 20.3 Å². The fourth-order valence-corrected chi connectivity index (χ4v) is 5.05. The van der Waals surface area contributed by atoms with E-state index in [4.69, 9.17) is 28.1 Å². The first-order valence-corrected chi connectivity index (χ1v) is 13.5. The fourth-order valence-electron chi connectivity index (χ4n) is 5.05. The van der Waals surface area contributed by atoms with Crippen molar-refractivity contribution in [1.82, 2.24) is 0 Å². The summed E-state index contributed by atoms with van der Waals surface area (Å²) in [5.41, 5.74) is -1.17. The number of hydrogen-bond acceptors (Lipinski definition) is 17. The number of hydrogen-bond donors (Lipinski definition) is 10. The van der Waals surface area contributed by atoms with Crippen molar-refractivity contribution in [2.24, 2.45) is 0 Å². The molecule has 3 heterocycles. The largest absolute Gasteiger partial charge is 0.508 e. The molecule has 5 unspecified atom stereocenters. The summed E-state index contributed by atoms with van der Waals surface area (Å²) in [7, 11) is 1.27. The Morgan fingerprint density at radius 2 is 1.42 bits per heavy atom. The highest BCUT2D eigenvalue weighted by atomic mass is 16.7. The van der Waals surface area contributed by atoms with Gasteiger partial charge in [-0.3, -0.25) is 4.79 Å². The molecule has 10 N–H and O–H groups in total. The number of benzene rings is 2. The molecule has 17 heteroatoms. The lowest BCUT2D eigenvalue weighted by Crippen LogP contribution is -2.62. The summed E-state index contributed by atoms with van der Waals surface area (Å²) in [6.45, 7) is -1.39. The van der Waals surface area contributed by atoms with Crippen LogP contribution in [0.4, 0.5) is 0 Å². The molecule has 0 saturated carbocycles. The Morgan fingerprint density at radius 1 is 0.778 bits per heavy atom. The van der Waals surface area contributed by atoms with Crippen molar-refractivity contribution in [2.45, 2.75) is 61.4 Å². The maximum atomic E-state index is 13.7. The normalized spacial score (nSPS) is 32.0. The van der Waals surface area contributed by atoms with Crippen molar-refractivity contribution in [3.05, 3.63) is 40.6 Å². The summed E-state index contributed by atoms with van der Waals surface area (Å²) in [6.07, 6.45) is -17.3. The van der Waals surface area contributed by atoms with E-state index in [-0.39, 0.29) is 28.4 Å². The van der Waals surface area contributed by atoms with Gasteiger partial charge < -0.3 is 79.2 Å². The fraction of sp³-hybridized carbons (Fsp3) is 0.464. The maximum Gasteiger partial charge on any atom is 0.239 e. The van der Waals surface area contributed by atoms with Crippen LogP contribution in [0.1, 0.15) is 0 Å². The molecule has 0 spiro atoms. The van der Waals surface area contributed by atoms with Crippen LogP contribution in [0.15, 0.2) is 39.5 Å². The minimum Gasteiger partial charge on any atom is -0.508 e. The van der Waals surface area contributed by atoms with Gasteiger partial charge in [0.05, 0.1) is 20.3 Å². The lowest BCUT2D eigenvalue weighted by Gasteiger charge is -2.42. The summed E-state index contributed by atoms with van der Waals surface area (Å²) in [6, 6.07) is 5.76. The molecule has 246 valence electrons. The Kier molecular flexibility index (Phi) is 9.38. The molecule has 2 aromatic carbocycles. The molecule has 17 nitrogen and oxygen atoms in total. The predicted octanol–water partition coefficient (Wildman–Crippen LogP) is -2.41. The highest BCUT2D eigenvalue weighted by Crippen LogP contribution is 2.39. The van der Waals surface area contributed by atoms with Crippen molar-refractivity contribution < 1.29 is 79.2 Å². The zero-order valence-electron chi connectivity index (χ0n) is 23.4. The number of fused-ring (bicyclic) bond motifs is 1. The van der Waals surface area contributed by atoms with Gasteiger partial charge in [-0.05, 0) is 18.2 Å². The van der Waals surface area contributed by atoms with Gasteiger partial charge in [0.2, 0.25) is 17.5 Å². The van der Waals surface area contributed by atoms with Crippen LogP contribution in [0, 0.1) is 0 Å². The van der Waals surface area contributed by atoms with E-state index < -0.39 is 103 Å². The van der Waals surface area contributed by atoms with Crippen LogP contribution in [-0.2, 0) is 14.2 Å². The third kappa shape index (κ3) is 6.10. The Hall–Kier alpha value is -3.75. The standard InChI is InChI=1S/C28H32O17/c1-40-13-4-9(2-3-11(13)31)25-26(20(35)17-12(32)5-10(30)6-14(17)42-25)45-28-24(39)22(37)19(34)16(44-28)8-41-27-23(38)21(36)18(33)15(7-29)43-27/h2-6,15-16,18-19,21-24,27-34,36-39H,7-8H2,1H3/t15?,16?,18-,19+,21-,22?,23?,24?,27+,28-/m0/s1. The molecule has 45 heavy (non-hydrogen) atoms. The molecule has 2 aliphatic heterocycles. The second kappa shape index (κ2) is 12.9. The Balaban J connectivity index is 1.48. The second-order valence-electron chi connectivity index (χ2n) is 10.5.